The molecule has 13 heavy (non-hydrogen) atoms. The molecule has 0 radical (unpaired) electrons. The van der Waals surface area contributed by atoms with Gasteiger partial charge in [0.25, 0.3) is 0 Å². The first-order valence-electron chi connectivity index (χ1n) is 4.41. The molecular formula is C9H16O4. The average Bonchev–Trinajstić information content (AvgIpc) is 2.10. The van der Waals surface area contributed by atoms with Crippen LogP contribution in [0.2, 0.25) is 0 Å². The smallest absolute Gasteiger partial charge is 0.309 e. The van der Waals surface area contributed by atoms with Gasteiger partial charge < -0.3 is 9.84 Å². The first-order chi connectivity index (χ1) is 6.11. The second-order valence-electron chi connectivity index (χ2n) is 2.96. The highest BCUT2D eigenvalue weighted by Gasteiger charge is 2.21. The molecule has 4 heteroatoms. The molecule has 0 spiro atoms. The Hall–Kier alpha value is -1.06. The fraction of sp³-hybridized carbons (Fsp3) is 0.778. The lowest BCUT2D eigenvalue weighted by Crippen LogP contribution is -2.19. The van der Waals surface area contributed by atoms with Gasteiger partial charge in [0.15, 0.2) is 0 Å². The third-order valence-electron chi connectivity index (χ3n) is 1.86. The van der Waals surface area contributed by atoms with Crippen LogP contribution in [-0.4, -0.2) is 24.2 Å². The number of methoxy groups -OCH3 is 1. The lowest BCUT2D eigenvalue weighted by atomic mass is 9.99. The van der Waals surface area contributed by atoms with E-state index in [1.165, 1.54) is 7.11 Å². The molecular weight excluding hydrogens is 172 g/mol. The van der Waals surface area contributed by atoms with Gasteiger partial charge in [-0.25, -0.2) is 0 Å². The van der Waals surface area contributed by atoms with E-state index in [9.17, 15) is 9.59 Å². The predicted molar refractivity (Wildman–Crippen MR) is 47.3 cm³/mol. The quantitative estimate of drug-likeness (QED) is 0.640. The summed E-state index contributed by atoms with van der Waals surface area (Å²) in [7, 11) is 1.28. The van der Waals surface area contributed by atoms with Gasteiger partial charge in [0.1, 0.15) is 0 Å². The van der Waals surface area contributed by atoms with E-state index in [0.717, 1.165) is 12.8 Å². The zero-order valence-electron chi connectivity index (χ0n) is 8.08. The Bertz CT molecular complexity index is 176. The molecule has 0 aliphatic heterocycles. The van der Waals surface area contributed by atoms with E-state index in [0.29, 0.717) is 6.42 Å². The maximum absolute atomic E-state index is 11.1. The van der Waals surface area contributed by atoms with Crippen LogP contribution in [0, 0.1) is 5.92 Å². The van der Waals surface area contributed by atoms with Crippen LogP contribution in [0.1, 0.15) is 32.6 Å². The van der Waals surface area contributed by atoms with Gasteiger partial charge in [-0.3, -0.25) is 9.59 Å². The molecule has 0 aromatic carbocycles. The minimum absolute atomic E-state index is 0.132. The van der Waals surface area contributed by atoms with E-state index < -0.39 is 17.9 Å². The van der Waals surface area contributed by atoms with Gasteiger partial charge in [-0.15, -0.1) is 0 Å². The summed E-state index contributed by atoms with van der Waals surface area (Å²) in [4.78, 5) is 21.5. The fourth-order valence-electron chi connectivity index (χ4n) is 1.13. The van der Waals surface area contributed by atoms with Crippen molar-refractivity contribution in [2.75, 3.05) is 7.11 Å². The fourth-order valence-corrected chi connectivity index (χ4v) is 1.13. The molecule has 0 amide bonds. The van der Waals surface area contributed by atoms with Crippen molar-refractivity contribution < 1.29 is 19.4 Å². The zero-order valence-corrected chi connectivity index (χ0v) is 8.08. The molecule has 0 saturated carbocycles. The predicted octanol–water partition coefficient (Wildman–Crippen LogP) is 1.44. The summed E-state index contributed by atoms with van der Waals surface area (Å²) in [5.41, 5.74) is 0. The highest BCUT2D eigenvalue weighted by atomic mass is 16.5. The van der Waals surface area contributed by atoms with Gasteiger partial charge in [-0.2, -0.15) is 0 Å². The first kappa shape index (κ1) is 11.9. The largest absolute Gasteiger partial charge is 0.481 e. The third kappa shape index (κ3) is 5.22. The first-order valence-corrected chi connectivity index (χ1v) is 4.41. The molecule has 1 N–H and O–H groups in total. The van der Waals surface area contributed by atoms with Crippen LogP contribution in [-0.2, 0) is 14.3 Å². The number of ether oxygens (including phenoxy) is 1. The summed E-state index contributed by atoms with van der Waals surface area (Å²) in [6.45, 7) is 2.00. The Kier molecular flexibility index (Phi) is 5.93. The summed E-state index contributed by atoms with van der Waals surface area (Å²) in [5, 5.41) is 8.52. The summed E-state index contributed by atoms with van der Waals surface area (Å²) in [6, 6.07) is 0. The monoisotopic (exact) mass is 188 g/mol. The number of hydrogen-bond donors (Lipinski definition) is 1. The van der Waals surface area contributed by atoms with Crippen LogP contribution in [0.3, 0.4) is 0 Å². The van der Waals surface area contributed by atoms with Crippen molar-refractivity contribution in [3.63, 3.8) is 0 Å². The average molecular weight is 188 g/mol. The van der Waals surface area contributed by atoms with Gasteiger partial charge in [0.05, 0.1) is 19.4 Å². The van der Waals surface area contributed by atoms with E-state index in [1.54, 1.807) is 0 Å². The minimum atomic E-state index is -0.952. The molecule has 0 rings (SSSR count). The van der Waals surface area contributed by atoms with Gasteiger partial charge in [0, 0.05) is 0 Å². The number of aliphatic carboxylic acids is 1. The number of carbonyl (C=O) groups excluding carboxylic acids is 1. The van der Waals surface area contributed by atoms with E-state index in [2.05, 4.69) is 4.74 Å². The molecule has 0 saturated heterocycles. The Balaban J connectivity index is 4.02. The Morgan fingerprint density at radius 3 is 2.46 bits per heavy atom. The van der Waals surface area contributed by atoms with Crippen molar-refractivity contribution in [3.05, 3.63) is 0 Å². The molecule has 0 aromatic rings. The highest BCUT2D eigenvalue weighted by molar-refractivity contribution is 5.78. The Morgan fingerprint density at radius 1 is 1.46 bits per heavy atom. The van der Waals surface area contributed by atoms with Crippen LogP contribution >= 0.6 is 0 Å². The highest BCUT2D eigenvalue weighted by Crippen LogP contribution is 2.14. The van der Waals surface area contributed by atoms with E-state index in [4.69, 9.17) is 5.11 Å². The van der Waals surface area contributed by atoms with Gasteiger partial charge in [0.2, 0.25) is 0 Å². The maximum atomic E-state index is 11.1. The molecule has 4 nitrogen and oxygen atoms in total. The zero-order chi connectivity index (χ0) is 10.3. The number of esters is 1. The van der Waals surface area contributed by atoms with Crippen molar-refractivity contribution in [2.24, 2.45) is 5.92 Å². The topological polar surface area (TPSA) is 63.6 Å². The normalized spacial score (nSPS) is 12.2. The van der Waals surface area contributed by atoms with Gasteiger partial charge in [-0.1, -0.05) is 19.8 Å². The number of rotatable bonds is 6. The van der Waals surface area contributed by atoms with Crippen molar-refractivity contribution in [1.29, 1.82) is 0 Å². The molecule has 1 atom stereocenters. The number of hydrogen-bond acceptors (Lipinski definition) is 3. The van der Waals surface area contributed by atoms with Crippen molar-refractivity contribution >= 4 is 11.9 Å². The molecule has 0 aliphatic rings. The second kappa shape index (κ2) is 6.46. The second-order valence-corrected chi connectivity index (χ2v) is 2.96. The number of carbonyl (C=O) groups is 2. The molecule has 0 bridgehead atoms. The SMILES string of the molecule is CCCCC(CC(=O)O)C(=O)OC. The van der Waals surface area contributed by atoms with E-state index >= 15 is 0 Å². The Labute approximate surface area is 77.9 Å². The molecule has 0 aromatic heterocycles. The summed E-state index contributed by atoms with van der Waals surface area (Å²) in [6.07, 6.45) is 2.27. The summed E-state index contributed by atoms with van der Waals surface area (Å²) < 4.78 is 4.51. The third-order valence-corrected chi connectivity index (χ3v) is 1.86. The van der Waals surface area contributed by atoms with Crippen molar-refractivity contribution in [3.8, 4) is 0 Å². The summed E-state index contributed by atoms with van der Waals surface area (Å²) in [5.74, 6) is -1.86. The number of unbranched alkanes of at least 4 members (excludes halogenated alkanes) is 1. The van der Waals surface area contributed by atoms with Crippen LogP contribution in [0.15, 0.2) is 0 Å². The molecule has 0 heterocycles. The molecule has 0 fully saturated rings. The molecule has 1 unspecified atom stereocenters. The molecule has 76 valence electrons. The van der Waals surface area contributed by atoms with Crippen molar-refractivity contribution in [1.82, 2.24) is 0 Å². The van der Waals surface area contributed by atoms with Gasteiger partial charge in [-0.05, 0) is 6.42 Å². The minimum Gasteiger partial charge on any atom is -0.481 e. The van der Waals surface area contributed by atoms with Crippen LogP contribution < -0.4 is 0 Å². The van der Waals surface area contributed by atoms with Crippen LogP contribution in [0.4, 0.5) is 0 Å². The van der Waals surface area contributed by atoms with Crippen LogP contribution in [0.25, 0.3) is 0 Å². The van der Waals surface area contributed by atoms with E-state index in [-0.39, 0.29) is 6.42 Å². The van der Waals surface area contributed by atoms with E-state index in [1.807, 2.05) is 6.92 Å². The van der Waals surface area contributed by atoms with Gasteiger partial charge >= 0.3 is 11.9 Å². The standard InChI is InChI=1S/C9H16O4/c1-3-4-5-7(6-8(10)11)9(12)13-2/h7H,3-6H2,1-2H3,(H,10,11). The lowest BCUT2D eigenvalue weighted by Gasteiger charge is -2.10. The lowest BCUT2D eigenvalue weighted by molar-refractivity contribution is -0.151. The van der Waals surface area contributed by atoms with Crippen LogP contribution in [0.5, 0.6) is 0 Å². The number of carboxylic acid groups (broad SMARTS) is 1. The Morgan fingerprint density at radius 2 is 2.08 bits per heavy atom. The van der Waals surface area contributed by atoms with Crippen molar-refractivity contribution in [2.45, 2.75) is 32.6 Å². The maximum Gasteiger partial charge on any atom is 0.309 e. The number of carboxylic acids is 1. The summed E-state index contributed by atoms with van der Waals surface area (Å²) >= 11 is 0. The molecule has 0 aliphatic carbocycles.